The fourth-order valence-electron chi connectivity index (χ4n) is 0.819. The van der Waals surface area contributed by atoms with Crippen molar-refractivity contribution in [2.24, 2.45) is 0 Å². The van der Waals surface area contributed by atoms with Gasteiger partial charge >= 0.3 is 5.97 Å². The van der Waals surface area contributed by atoms with E-state index in [1.54, 1.807) is 6.92 Å². The second-order valence-corrected chi connectivity index (χ2v) is 2.10. The summed E-state index contributed by atoms with van der Waals surface area (Å²) in [5, 5.41) is 0. The van der Waals surface area contributed by atoms with Gasteiger partial charge in [-0.25, -0.2) is 4.79 Å². The zero-order valence-corrected chi connectivity index (χ0v) is 5.99. The van der Waals surface area contributed by atoms with Crippen molar-refractivity contribution in [3.63, 3.8) is 0 Å². The topological polar surface area (TPSA) is 44.8 Å². The van der Waals surface area contributed by atoms with Gasteiger partial charge in [0.2, 0.25) is 0 Å². The zero-order chi connectivity index (χ0) is 7.56. The van der Waals surface area contributed by atoms with Crippen LogP contribution >= 0.6 is 0 Å². The van der Waals surface area contributed by atoms with Crippen LogP contribution in [0.2, 0.25) is 0 Å². The van der Waals surface area contributed by atoms with Crippen molar-refractivity contribution < 1.29 is 19.0 Å². The Balaban J connectivity index is 2.46. The van der Waals surface area contributed by atoms with Gasteiger partial charge in [-0.05, 0) is 6.92 Å². The number of hydrogen-bond donors (Lipinski definition) is 0. The monoisotopic (exact) mass is 146 g/mol. The Morgan fingerprint density at radius 3 is 2.70 bits per heavy atom. The molecule has 1 aliphatic rings. The Labute approximate surface area is 59.1 Å². The van der Waals surface area contributed by atoms with Crippen LogP contribution in [-0.4, -0.2) is 32.1 Å². The van der Waals surface area contributed by atoms with Gasteiger partial charge in [-0.3, -0.25) is 0 Å². The molecule has 0 aromatic heterocycles. The minimum absolute atomic E-state index is 0.181. The molecule has 0 spiro atoms. The molecule has 0 unspecified atom stereocenters. The molecule has 1 aliphatic heterocycles. The molecule has 0 bridgehead atoms. The lowest BCUT2D eigenvalue weighted by Gasteiger charge is -2.08. The molecule has 0 aromatic carbocycles. The maximum absolute atomic E-state index is 10.8. The molecular weight excluding hydrogens is 136 g/mol. The summed E-state index contributed by atoms with van der Waals surface area (Å²) in [5.74, 6) is -0.370. The molecule has 0 aromatic rings. The largest absolute Gasteiger partial charge is 0.467 e. The Kier molecular flexibility index (Phi) is 2.24. The Bertz CT molecular complexity index is 134. The molecule has 1 heterocycles. The fraction of sp³-hybridized carbons (Fsp3) is 0.833. The second-order valence-electron chi connectivity index (χ2n) is 2.10. The fourth-order valence-corrected chi connectivity index (χ4v) is 0.819. The quantitative estimate of drug-likeness (QED) is 0.485. The first-order valence-corrected chi connectivity index (χ1v) is 3.06. The normalized spacial score (nSPS) is 32.2. The molecule has 0 amide bonds. The molecule has 1 saturated heterocycles. The van der Waals surface area contributed by atoms with E-state index in [0.29, 0.717) is 0 Å². The van der Waals surface area contributed by atoms with E-state index in [-0.39, 0.29) is 18.9 Å². The van der Waals surface area contributed by atoms with Gasteiger partial charge in [0, 0.05) is 0 Å². The summed E-state index contributed by atoms with van der Waals surface area (Å²) >= 11 is 0. The minimum Gasteiger partial charge on any atom is -0.467 e. The third-order valence-electron chi connectivity index (χ3n) is 1.44. The Morgan fingerprint density at radius 2 is 2.30 bits per heavy atom. The molecule has 4 nitrogen and oxygen atoms in total. The van der Waals surface area contributed by atoms with Gasteiger partial charge in [0.15, 0.2) is 6.10 Å². The molecule has 0 aliphatic carbocycles. The summed E-state index contributed by atoms with van der Waals surface area (Å²) in [7, 11) is 1.33. The van der Waals surface area contributed by atoms with E-state index in [0.717, 1.165) is 0 Å². The Morgan fingerprint density at radius 1 is 1.60 bits per heavy atom. The third-order valence-corrected chi connectivity index (χ3v) is 1.44. The summed E-state index contributed by atoms with van der Waals surface area (Å²) in [6.07, 6.45) is -0.725. The molecule has 2 atom stereocenters. The van der Waals surface area contributed by atoms with Crippen LogP contribution in [0.1, 0.15) is 6.92 Å². The molecule has 0 N–H and O–H groups in total. The highest BCUT2D eigenvalue weighted by atomic mass is 16.7. The molecule has 58 valence electrons. The van der Waals surface area contributed by atoms with Crippen molar-refractivity contribution in [2.45, 2.75) is 19.1 Å². The number of rotatable bonds is 1. The summed E-state index contributed by atoms with van der Waals surface area (Å²) in [6, 6.07) is 0. The zero-order valence-electron chi connectivity index (χ0n) is 5.99. The van der Waals surface area contributed by atoms with Gasteiger partial charge in [-0.1, -0.05) is 0 Å². The summed E-state index contributed by atoms with van der Waals surface area (Å²) in [4.78, 5) is 10.8. The highest BCUT2D eigenvalue weighted by Crippen LogP contribution is 2.12. The van der Waals surface area contributed by atoms with Crippen LogP contribution in [0.5, 0.6) is 0 Å². The predicted molar refractivity (Wildman–Crippen MR) is 32.3 cm³/mol. The van der Waals surface area contributed by atoms with Crippen molar-refractivity contribution in [3.8, 4) is 0 Å². The van der Waals surface area contributed by atoms with Crippen molar-refractivity contribution in [1.29, 1.82) is 0 Å². The van der Waals surface area contributed by atoms with Gasteiger partial charge in [-0.15, -0.1) is 0 Å². The maximum atomic E-state index is 10.8. The molecule has 0 saturated carbocycles. The van der Waals surface area contributed by atoms with E-state index in [1.165, 1.54) is 7.11 Å². The van der Waals surface area contributed by atoms with E-state index in [4.69, 9.17) is 9.47 Å². The maximum Gasteiger partial charge on any atom is 0.337 e. The van der Waals surface area contributed by atoms with E-state index < -0.39 is 6.10 Å². The molecule has 1 rings (SSSR count). The predicted octanol–water partition coefficient (Wildman–Crippen LogP) is -0.0792. The highest BCUT2D eigenvalue weighted by molar-refractivity contribution is 5.75. The van der Waals surface area contributed by atoms with Crippen LogP contribution in [0, 0.1) is 0 Å². The van der Waals surface area contributed by atoms with Crippen molar-refractivity contribution in [1.82, 2.24) is 0 Å². The van der Waals surface area contributed by atoms with Crippen LogP contribution in [0.15, 0.2) is 0 Å². The van der Waals surface area contributed by atoms with E-state index in [2.05, 4.69) is 4.74 Å². The van der Waals surface area contributed by atoms with Gasteiger partial charge < -0.3 is 14.2 Å². The van der Waals surface area contributed by atoms with Crippen LogP contribution in [0.3, 0.4) is 0 Å². The van der Waals surface area contributed by atoms with Crippen molar-refractivity contribution in [3.05, 3.63) is 0 Å². The molecule has 0 radical (unpaired) electrons. The first-order chi connectivity index (χ1) is 4.75. The van der Waals surface area contributed by atoms with Gasteiger partial charge in [0.25, 0.3) is 0 Å². The molecular formula is C6H10O4. The summed E-state index contributed by atoms with van der Waals surface area (Å²) < 4.78 is 14.3. The SMILES string of the molecule is COC(=O)[C@H]1OCO[C@@H]1C. The van der Waals surface area contributed by atoms with Crippen LogP contribution in [-0.2, 0) is 19.0 Å². The van der Waals surface area contributed by atoms with Crippen molar-refractivity contribution in [2.75, 3.05) is 13.9 Å². The van der Waals surface area contributed by atoms with Crippen LogP contribution in [0.4, 0.5) is 0 Å². The molecule has 10 heavy (non-hydrogen) atoms. The Hall–Kier alpha value is -0.610. The third kappa shape index (κ3) is 1.27. The van der Waals surface area contributed by atoms with E-state index in [9.17, 15) is 4.79 Å². The number of carbonyl (C=O) groups excluding carboxylic acids is 1. The van der Waals surface area contributed by atoms with Gasteiger partial charge in [0.05, 0.1) is 13.2 Å². The lowest BCUT2D eigenvalue weighted by molar-refractivity contribution is -0.151. The number of methoxy groups -OCH3 is 1. The van der Waals surface area contributed by atoms with Crippen LogP contribution in [0.25, 0.3) is 0 Å². The summed E-state index contributed by atoms with van der Waals surface area (Å²) in [5.41, 5.74) is 0. The lowest BCUT2D eigenvalue weighted by atomic mass is 10.2. The van der Waals surface area contributed by atoms with E-state index >= 15 is 0 Å². The lowest BCUT2D eigenvalue weighted by Crippen LogP contribution is -2.30. The van der Waals surface area contributed by atoms with Gasteiger partial charge in [-0.2, -0.15) is 0 Å². The standard InChI is InChI=1S/C6H10O4/c1-4-5(6(7)8-2)10-3-9-4/h4-5H,3H2,1-2H3/t4-,5+/m1/s1. The second kappa shape index (κ2) is 2.98. The van der Waals surface area contributed by atoms with E-state index in [1.807, 2.05) is 0 Å². The average Bonchev–Trinajstić information content (AvgIpc) is 2.34. The first-order valence-electron chi connectivity index (χ1n) is 3.06. The summed E-state index contributed by atoms with van der Waals surface area (Å²) in [6.45, 7) is 1.95. The smallest absolute Gasteiger partial charge is 0.337 e. The van der Waals surface area contributed by atoms with Crippen LogP contribution < -0.4 is 0 Å². The average molecular weight is 146 g/mol. The number of carbonyl (C=O) groups is 1. The minimum atomic E-state index is -0.537. The number of esters is 1. The van der Waals surface area contributed by atoms with Crippen molar-refractivity contribution >= 4 is 5.97 Å². The number of ether oxygens (including phenoxy) is 3. The number of hydrogen-bond acceptors (Lipinski definition) is 4. The first kappa shape index (κ1) is 7.50. The molecule has 1 fully saturated rings. The van der Waals surface area contributed by atoms with Gasteiger partial charge in [0.1, 0.15) is 6.79 Å². The highest BCUT2D eigenvalue weighted by Gasteiger charge is 2.32. The molecule has 4 heteroatoms.